The largest absolute Gasteiger partial charge is 0.246 e. The van der Waals surface area contributed by atoms with E-state index in [1.54, 1.807) is 0 Å². The molecule has 0 unspecified atom stereocenters. The van der Waals surface area contributed by atoms with Gasteiger partial charge in [-0.1, -0.05) is 6.08 Å². The van der Waals surface area contributed by atoms with Crippen LogP contribution in [0, 0.1) is 17.5 Å². The second-order valence-electron chi connectivity index (χ2n) is 2.75. The van der Waals surface area contributed by atoms with Gasteiger partial charge in [-0.05, 0) is 12.5 Å². The Balaban J connectivity index is 3.36. The summed E-state index contributed by atoms with van der Waals surface area (Å²) in [5.74, 6) is -3.55. The van der Waals surface area contributed by atoms with Crippen LogP contribution in [0.15, 0.2) is 18.7 Å². The van der Waals surface area contributed by atoms with Gasteiger partial charge in [0, 0.05) is 11.1 Å². The molecule has 0 nitrogen and oxygen atoms in total. The lowest BCUT2D eigenvalue weighted by atomic mass is 10.1. The Bertz CT molecular complexity index is 358. The number of rotatable bonds is 3. The van der Waals surface area contributed by atoms with Gasteiger partial charge < -0.3 is 0 Å². The SMILES string of the molecule is C=CCc1c(F)c(F)cc(CF)c1F. The summed E-state index contributed by atoms with van der Waals surface area (Å²) in [5.41, 5.74) is -0.951. The molecule has 0 aliphatic heterocycles. The number of hydrogen-bond donors (Lipinski definition) is 0. The number of alkyl halides is 1. The van der Waals surface area contributed by atoms with E-state index in [9.17, 15) is 17.6 Å². The summed E-state index contributed by atoms with van der Waals surface area (Å²) >= 11 is 0. The van der Waals surface area contributed by atoms with E-state index in [2.05, 4.69) is 6.58 Å². The Morgan fingerprint density at radius 1 is 1.21 bits per heavy atom. The van der Waals surface area contributed by atoms with Gasteiger partial charge in [-0.25, -0.2) is 17.6 Å². The first-order valence-corrected chi connectivity index (χ1v) is 3.94. The Morgan fingerprint density at radius 2 is 1.86 bits per heavy atom. The average Bonchev–Trinajstić information content (AvgIpc) is 2.18. The fraction of sp³-hybridized carbons (Fsp3) is 0.200. The van der Waals surface area contributed by atoms with Crippen molar-refractivity contribution in [3.8, 4) is 0 Å². The molecule has 0 saturated heterocycles. The van der Waals surface area contributed by atoms with Crippen LogP contribution >= 0.6 is 0 Å². The van der Waals surface area contributed by atoms with Gasteiger partial charge in [-0.15, -0.1) is 6.58 Å². The van der Waals surface area contributed by atoms with E-state index in [0.717, 1.165) is 0 Å². The lowest BCUT2D eigenvalue weighted by Gasteiger charge is -2.06. The Labute approximate surface area is 78.9 Å². The molecule has 0 spiro atoms. The van der Waals surface area contributed by atoms with E-state index in [-0.39, 0.29) is 6.42 Å². The highest BCUT2D eigenvalue weighted by atomic mass is 19.2. The van der Waals surface area contributed by atoms with E-state index < -0.39 is 35.3 Å². The van der Waals surface area contributed by atoms with Crippen LogP contribution in [-0.2, 0) is 13.1 Å². The molecule has 0 aliphatic carbocycles. The number of allylic oxidation sites excluding steroid dienone is 1. The lowest BCUT2D eigenvalue weighted by molar-refractivity contribution is 0.439. The Hall–Kier alpha value is -1.32. The first-order valence-electron chi connectivity index (χ1n) is 3.94. The molecule has 14 heavy (non-hydrogen) atoms. The van der Waals surface area contributed by atoms with Crippen molar-refractivity contribution in [1.29, 1.82) is 0 Å². The third-order valence-corrected chi connectivity index (χ3v) is 1.81. The second kappa shape index (κ2) is 4.26. The molecule has 0 aromatic heterocycles. The van der Waals surface area contributed by atoms with Crippen molar-refractivity contribution in [2.45, 2.75) is 13.1 Å². The molecule has 1 aromatic rings. The van der Waals surface area contributed by atoms with Crippen molar-refractivity contribution in [3.05, 3.63) is 47.3 Å². The molecule has 1 rings (SSSR count). The van der Waals surface area contributed by atoms with Crippen molar-refractivity contribution < 1.29 is 17.6 Å². The highest BCUT2D eigenvalue weighted by Crippen LogP contribution is 2.21. The van der Waals surface area contributed by atoms with E-state index >= 15 is 0 Å². The molecule has 0 heterocycles. The molecule has 76 valence electrons. The normalized spacial score (nSPS) is 10.3. The van der Waals surface area contributed by atoms with E-state index in [0.29, 0.717) is 6.07 Å². The van der Waals surface area contributed by atoms with Crippen LogP contribution in [-0.4, -0.2) is 0 Å². The standard InChI is InChI=1S/C10H8F4/c1-2-3-7-9(13)6(5-11)4-8(12)10(7)14/h2,4H,1,3,5H2. The third kappa shape index (κ3) is 1.78. The molecule has 0 radical (unpaired) electrons. The smallest absolute Gasteiger partial charge is 0.165 e. The van der Waals surface area contributed by atoms with Gasteiger partial charge in [0.2, 0.25) is 0 Å². The van der Waals surface area contributed by atoms with Crippen molar-refractivity contribution in [2.75, 3.05) is 0 Å². The van der Waals surface area contributed by atoms with Crippen LogP contribution in [0.1, 0.15) is 11.1 Å². The minimum absolute atomic E-state index is 0.164. The summed E-state index contributed by atoms with van der Waals surface area (Å²) in [4.78, 5) is 0. The second-order valence-corrected chi connectivity index (χ2v) is 2.75. The van der Waals surface area contributed by atoms with Gasteiger partial charge in [0.25, 0.3) is 0 Å². The first-order chi connectivity index (χ1) is 6.61. The fourth-order valence-electron chi connectivity index (χ4n) is 1.13. The number of benzene rings is 1. The van der Waals surface area contributed by atoms with E-state index in [1.807, 2.05) is 0 Å². The van der Waals surface area contributed by atoms with Crippen LogP contribution in [0.4, 0.5) is 17.6 Å². The van der Waals surface area contributed by atoms with Crippen LogP contribution in [0.25, 0.3) is 0 Å². The minimum atomic E-state index is -1.28. The first kappa shape index (κ1) is 10.8. The third-order valence-electron chi connectivity index (χ3n) is 1.81. The maximum absolute atomic E-state index is 13.2. The molecule has 0 fully saturated rings. The molecular formula is C10H8F4. The maximum Gasteiger partial charge on any atom is 0.165 e. The van der Waals surface area contributed by atoms with Gasteiger partial charge in [-0.2, -0.15) is 0 Å². The van der Waals surface area contributed by atoms with Crippen molar-refractivity contribution in [3.63, 3.8) is 0 Å². The zero-order valence-corrected chi connectivity index (χ0v) is 7.29. The van der Waals surface area contributed by atoms with E-state index in [4.69, 9.17) is 0 Å². The molecule has 0 aliphatic rings. The van der Waals surface area contributed by atoms with Crippen LogP contribution in [0.2, 0.25) is 0 Å². The molecular weight excluding hydrogens is 196 g/mol. The summed E-state index contributed by atoms with van der Waals surface area (Å²) in [6.07, 6.45) is 1.06. The molecule has 0 N–H and O–H groups in total. The van der Waals surface area contributed by atoms with Crippen molar-refractivity contribution >= 4 is 0 Å². The molecule has 0 amide bonds. The monoisotopic (exact) mass is 204 g/mol. The molecule has 0 atom stereocenters. The Kier molecular flexibility index (Phi) is 3.28. The van der Waals surface area contributed by atoms with Crippen molar-refractivity contribution in [2.24, 2.45) is 0 Å². The summed E-state index contributed by atoms with van der Waals surface area (Å²) in [6, 6.07) is 0.525. The van der Waals surface area contributed by atoms with Crippen LogP contribution in [0.3, 0.4) is 0 Å². The quantitative estimate of drug-likeness (QED) is 0.402. The summed E-state index contributed by atoms with van der Waals surface area (Å²) in [5, 5.41) is 0. The van der Waals surface area contributed by atoms with E-state index in [1.165, 1.54) is 6.08 Å². The summed E-state index contributed by atoms with van der Waals surface area (Å²) in [6.45, 7) is 2.11. The molecule has 1 aromatic carbocycles. The fourth-order valence-corrected chi connectivity index (χ4v) is 1.13. The van der Waals surface area contributed by atoms with Gasteiger partial charge in [0.15, 0.2) is 11.6 Å². The zero-order valence-electron chi connectivity index (χ0n) is 7.29. The highest BCUT2D eigenvalue weighted by molar-refractivity contribution is 5.29. The van der Waals surface area contributed by atoms with Gasteiger partial charge >= 0.3 is 0 Å². The average molecular weight is 204 g/mol. The van der Waals surface area contributed by atoms with Gasteiger partial charge in [-0.3, -0.25) is 0 Å². The maximum atomic E-state index is 13.2. The van der Waals surface area contributed by atoms with Gasteiger partial charge in [0.1, 0.15) is 12.5 Å². The minimum Gasteiger partial charge on any atom is -0.246 e. The predicted octanol–water partition coefficient (Wildman–Crippen LogP) is 3.30. The highest BCUT2D eigenvalue weighted by Gasteiger charge is 2.17. The predicted molar refractivity (Wildman–Crippen MR) is 45.0 cm³/mol. The Morgan fingerprint density at radius 3 is 2.36 bits per heavy atom. The number of hydrogen-bond acceptors (Lipinski definition) is 0. The molecule has 4 heteroatoms. The van der Waals surface area contributed by atoms with Crippen LogP contribution in [0.5, 0.6) is 0 Å². The van der Waals surface area contributed by atoms with Gasteiger partial charge in [0.05, 0.1) is 0 Å². The number of halogens is 4. The zero-order chi connectivity index (χ0) is 10.7. The topological polar surface area (TPSA) is 0 Å². The van der Waals surface area contributed by atoms with Crippen molar-refractivity contribution in [1.82, 2.24) is 0 Å². The lowest BCUT2D eigenvalue weighted by Crippen LogP contribution is -2.02. The molecule has 0 bridgehead atoms. The molecule has 0 saturated carbocycles. The summed E-state index contributed by atoms with van der Waals surface area (Å²) < 4.78 is 51.1. The summed E-state index contributed by atoms with van der Waals surface area (Å²) in [7, 11) is 0. The van der Waals surface area contributed by atoms with Crippen LogP contribution < -0.4 is 0 Å².